The van der Waals surface area contributed by atoms with Gasteiger partial charge < -0.3 is 10.1 Å². The number of hydrogen-bond acceptors (Lipinski definition) is 3. The summed E-state index contributed by atoms with van der Waals surface area (Å²) >= 11 is 0. The molecule has 0 saturated carbocycles. The molecule has 0 spiro atoms. The highest BCUT2D eigenvalue weighted by molar-refractivity contribution is 6.02. The smallest absolute Gasteiger partial charge is 0.243 e. The van der Waals surface area contributed by atoms with E-state index in [1.54, 1.807) is 12.0 Å². The molecule has 1 N–H and O–H groups in total. The van der Waals surface area contributed by atoms with Gasteiger partial charge in [-0.15, -0.1) is 0 Å². The van der Waals surface area contributed by atoms with Crippen molar-refractivity contribution in [1.82, 2.24) is 5.32 Å². The molecule has 1 aliphatic heterocycles. The fourth-order valence-electron chi connectivity index (χ4n) is 2.53. The second-order valence-corrected chi connectivity index (χ2v) is 4.88. The molecule has 108 valence electrons. The highest BCUT2D eigenvalue weighted by Crippen LogP contribution is 2.32. The van der Waals surface area contributed by atoms with Gasteiger partial charge in [-0.05, 0) is 18.1 Å². The van der Waals surface area contributed by atoms with Gasteiger partial charge in [0.2, 0.25) is 11.8 Å². The van der Waals surface area contributed by atoms with Crippen LogP contribution in [0.5, 0.6) is 0 Å². The van der Waals surface area contributed by atoms with Gasteiger partial charge in [-0.1, -0.05) is 18.2 Å². The Kier molecular flexibility index (Phi) is 4.74. The maximum absolute atomic E-state index is 12.2. The van der Waals surface area contributed by atoms with Crippen molar-refractivity contribution in [2.24, 2.45) is 0 Å². The van der Waals surface area contributed by atoms with Gasteiger partial charge in [0.1, 0.15) is 6.04 Å². The first-order chi connectivity index (χ1) is 9.65. The predicted molar refractivity (Wildman–Crippen MR) is 76.6 cm³/mol. The highest BCUT2D eigenvalue weighted by atomic mass is 16.5. The Morgan fingerprint density at radius 3 is 2.85 bits per heavy atom. The van der Waals surface area contributed by atoms with E-state index in [2.05, 4.69) is 5.32 Å². The summed E-state index contributed by atoms with van der Waals surface area (Å²) < 4.78 is 4.94. The molecule has 0 radical (unpaired) electrons. The van der Waals surface area contributed by atoms with Crippen molar-refractivity contribution >= 4 is 17.5 Å². The maximum Gasteiger partial charge on any atom is 0.243 e. The van der Waals surface area contributed by atoms with Gasteiger partial charge in [-0.3, -0.25) is 14.5 Å². The molecule has 0 aliphatic carbocycles. The highest BCUT2D eigenvalue weighted by Gasteiger charge is 2.36. The van der Waals surface area contributed by atoms with Gasteiger partial charge in [-0.25, -0.2) is 0 Å². The van der Waals surface area contributed by atoms with Crippen molar-refractivity contribution in [3.63, 3.8) is 0 Å². The number of carbonyl (C=O) groups is 2. The Balaban J connectivity index is 2.05. The normalized spacial score (nSPS) is 16.9. The molecule has 0 bridgehead atoms. The number of hydrogen-bond donors (Lipinski definition) is 1. The van der Waals surface area contributed by atoms with Gasteiger partial charge in [-0.2, -0.15) is 0 Å². The van der Waals surface area contributed by atoms with Crippen LogP contribution in [-0.2, 0) is 20.7 Å². The van der Waals surface area contributed by atoms with Gasteiger partial charge >= 0.3 is 0 Å². The first kappa shape index (κ1) is 14.5. The van der Waals surface area contributed by atoms with Crippen molar-refractivity contribution in [3.8, 4) is 0 Å². The lowest BCUT2D eigenvalue weighted by Gasteiger charge is -2.23. The number of fused-ring (bicyclic) bond motifs is 1. The van der Waals surface area contributed by atoms with Crippen LogP contribution in [0.25, 0.3) is 0 Å². The summed E-state index contributed by atoms with van der Waals surface area (Å²) in [7, 11) is 1.63. The number of nitrogens with one attached hydrogen (secondary N) is 1. The van der Waals surface area contributed by atoms with E-state index < -0.39 is 6.04 Å². The third-order valence-corrected chi connectivity index (χ3v) is 3.44. The molecule has 1 aromatic carbocycles. The molecule has 1 heterocycles. The zero-order chi connectivity index (χ0) is 14.5. The quantitative estimate of drug-likeness (QED) is 0.820. The Morgan fingerprint density at radius 2 is 2.15 bits per heavy atom. The molecular weight excluding hydrogens is 256 g/mol. The van der Waals surface area contributed by atoms with Crippen molar-refractivity contribution in [2.45, 2.75) is 25.8 Å². The minimum Gasteiger partial charge on any atom is -0.385 e. The van der Waals surface area contributed by atoms with E-state index in [1.165, 1.54) is 6.92 Å². The molecule has 1 atom stereocenters. The van der Waals surface area contributed by atoms with Crippen molar-refractivity contribution in [1.29, 1.82) is 0 Å². The lowest BCUT2D eigenvalue weighted by atomic mass is 10.1. The van der Waals surface area contributed by atoms with E-state index in [4.69, 9.17) is 4.74 Å². The Morgan fingerprint density at radius 1 is 1.40 bits per heavy atom. The molecule has 5 heteroatoms. The zero-order valence-electron chi connectivity index (χ0n) is 11.9. The number of benzene rings is 1. The third-order valence-electron chi connectivity index (χ3n) is 3.44. The first-order valence-corrected chi connectivity index (χ1v) is 6.79. The molecule has 1 aromatic rings. The first-order valence-electron chi connectivity index (χ1n) is 6.79. The molecule has 1 aliphatic rings. The van der Waals surface area contributed by atoms with Crippen LogP contribution < -0.4 is 10.2 Å². The van der Waals surface area contributed by atoms with E-state index >= 15 is 0 Å². The SMILES string of the molecule is COCCCNC(=O)[C@@H]1Cc2ccccc2N1C(C)=O. The van der Waals surface area contributed by atoms with Gasteiger partial charge in [0.25, 0.3) is 0 Å². The van der Waals surface area contributed by atoms with Crippen LogP contribution in [0.1, 0.15) is 18.9 Å². The molecule has 0 unspecified atom stereocenters. The number of nitrogens with zero attached hydrogens (tertiary/aromatic N) is 1. The molecular formula is C15H20N2O3. The van der Waals surface area contributed by atoms with Gasteiger partial charge in [0, 0.05) is 39.3 Å². The number of carbonyl (C=O) groups excluding carboxylic acids is 2. The molecule has 5 nitrogen and oxygen atoms in total. The lowest BCUT2D eigenvalue weighted by molar-refractivity contribution is -0.125. The zero-order valence-corrected chi connectivity index (χ0v) is 11.9. The summed E-state index contributed by atoms with van der Waals surface area (Å²) in [5.41, 5.74) is 1.89. The standard InChI is InChI=1S/C15H20N2O3/c1-11(18)17-13-7-4-3-6-12(13)10-14(17)15(19)16-8-5-9-20-2/h3-4,6-7,14H,5,8-10H2,1-2H3,(H,16,19)/t14-/m0/s1. The van der Waals surface area contributed by atoms with Crippen molar-refractivity contribution in [3.05, 3.63) is 29.8 Å². The summed E-state index contributed by atoms with van der Waals surface area (Å²) in [6.45, 7) is 2.67. The topological polar surface area (TPSA) is 58.6 Å². The van der Waals surface area contributed by atoms with Crippen LogP contribution >= 0.6 is 0 Å². The van der Waals surface area contributed by atoms with E-state index in [9.17, 15) is 9.59 Å². The second kappa shape index (κ2) is 6.52. The molecule has 0 saturated heterocycles. The lowest BCUT2D eigenvalue weighted by Crippen LogP contribution is -2.47. The second-order valence-electron chi connectivity index (χ2n) is 4.88. The summed E-state index contributed by atoms with van der Waals surface area (Å²) in [5.74, 6) is -0.209. The fraction of sp³-hybridized carbons (Fsp3) is 0.467. The van der Waals surface area contributed by atoms with Gasteiger partial charge in [0.15, 0.2) is 0 Å². The Hall–Kier alpha value is -1.88. The monoisotopic (exact) mass is 276 g/mol. The largest absolute Gasteiger partial charge is 0.385 e. The average Bonchev–Trinajstić information content (AvgIpc) is 2.83. The number of methoxy groups -OCH3 is 1. The van der Waals surface area contributed by atoms with E-state index in [1.807, 2.05) is 24.3 Å². The number of ether oxygens (including phenoxy) is 1. The summed E-state index contributed by atoms with van der Waals surface area (Å²) in [6.07, 6.45) is 1.34. The Labute approximate surface area is 118 Å². The minimum absolute atomic E-state index is 0.104. The van der Waals surface area contributed by atoms with E-state index in [0.717, 1.165) is 17.7 Å². The number of amides is 2. The average molecular weight is 276 g/mol. The summed E-state index contributed by atoms with van der Waals surface area (Å²) in [5, 5.41) is 2.87. The van der Waals surface area contributed by atoms with Gasteiger partial charge in [0.05, 0.1) is 0 Å². The van der Waals surface area contributed by atoms with Crippen LogP contribution in [0.2, 0.25) is 0 Å². The van der Waals surface area contributed by atoms with Crippen LogP contribution in [0, 0.1) is 0 Å². The summed E-state index contributed by atoms with van der Waals surface area (Å²) in [6, 6.07) is 7.22. The number of para-hydroxylation sites is 1. The van der Waals surface area contributed by atoms with Crippen LogP contribution in [0.3, 0.4) is 0 Å². The third kappa shape index (κ3) is 2.99. The van der Waals surface area contributed by atoms with E-state index in [0.29, 0.717) is 19.6 Å². The fourth-order valence-corrected chi connectivity index (χ4v) is 2.53. The predicted octanol–water partition coefficient (Wildman–Crippen LogP) is 1.12. The molecule has 2 amide bonds. The number of rotatable bonds is 5. The van der Waals surface area contributed by atoms with Crippen LogP contribution in [0.15, 0.2) is 24.3 Å². The number of anilines is 1. The molecule has 0 aromatic heterocycles. The summed E-state index contributed by atoms with van der Waals surface area (Å²) in [4.78, 5) is 25.7. The molecule has 20 heavy (non-hydrogen) atoms. The minimum atomic E-state index is -0.438. The molecule has 2 rings (SSSR count). The van der Waals surface area contributed by atoms with E-state index in [-0.39, 0.29) is 11.8 Å². The van der Waals surface area contributed by atoms with Crippen molar-refractivity contribution in [2.75, 3.05) is 25.2 Å². The van der Waals surface area contributed by atoms with Crippen LogP contribution in [0.4, 0.5) is 5.69 Å². The Bertz CT molecular complexity index is 502. The van der Waals surface area contributed by atoms with Crippen LogP contribution in [-0.4, -0.2) is 38.1 Å². The molecule has 0 fully saturated rings. The van der Waals surface area contributed by atoms with Crippen molar-refractivity contribution < 1.29 is 14.3 Å². The maximum atomic E-state index is 12.2.